The topological polar surface area (TPSA) is 0 Å². The zero-order valence-corrected chi connectivity index (χ0v) is 23.6. The fourth-order valence-corrected chi connectivity index (χ4v) is 6.63. The lowest BCUT2D eigenvalue weighted by Crippen LogP contribution is -1.93. The van der Waals surface area contributed by atoms with Crippen LogP contribution < -0.4 is 0 Å². The van der Waals surface area contributed by atoms with E-state index >= 15 is 0 Å². The standard InChI is InChI=1S/C44H28/c1-2-13-30(14-3-1)43-38-20-10-11-21-39(38)44(41-28-34-16-6-7-17-35(34)36-18-8-9-19-37(36)41)40-25-24-33(27-42(40)43)32-23-22-29-12-4-5-15-31(29)26-32/h1-28H/i10D,11D,20D,21D,24D,25D,27D. The van der Waals surface area contributed by atoms with Gasteiger partial charge in [0.15, 0.2) is 0 Å². The summed E-state index contributed by atoms with van der Waals surface area (Å²) in [7, 11) is 0. The van der Waals surface area contributed by atoms with Crippen molar-refractivity contribution in [1.82, 2.24) is 0 Å². The van der Waals surface area contributed by atoms with Crippen molar-refractivity contribution in [3.05, 3.63) is 170 Å². The number of fused-ring (bicyclic) bond motifs is 6. The molecule has 204 valence electrons. The quantitative estimate of drug-likeness (QED) is 0.148. The summed E-state index contributed by atoms with van der Waals surface area (Å²) in [5, 5.41) is 6.94. The van der Waals surface area contributed by atoms with E-state index in [0.717, 1.165) is 32.3 Å². The largest absolute Gasteiger partial charge is 0.0636 e. The van der Waals surface area contributed by atoms with Gasteiger partial charge in [-0.25, -0.2) is 0 Å². The van der Waals surface area contributed by atoms with Gasteiger partial charge >= 0.3 is 0 Å². The average Bonchev–Trinajstić information content (AvgIpc) is 3.17. The third-order valence-corrected chi connectivity index (χ3v) is 8.64. The van der Waals surface area contributed by atoms with Crippen LogP contribution in [0.1, 0.15) is 9.60 Å². The molecule has 0 radical (unpaired) electrons. The fourth-order valence-electron chi connectivity index (χ4n) is 6.63. The van der Waals surface area contributed by atoms with Gasteiger partial charge in [0.05, 0.1) is 9.60 Å². The molecule has 0 unspecified atom stereocenters. The van der Waals surface area contributed by atoms with Crippen LogP contribution in [-0.2, 0) is 0 Å². The molecule has 44 heavy (non-hydrogen) atoms. The summed E-state index contributed by atoms with van der Waals surface area (Å²) >= 11 is 0. The van der Waals surface area contributed by atoms with E-state index < -0.39 is 0 Å². The molecule has 0 heteroatoms. The Balaban J connectivity index is 1.59. The highest BCUT2D eigenvalue weighted by Crippen LogP contribution is 2.47. The first kappa shape index (κ1) is 18.7. The van der Waals surface area contributed by atoms with Gasteiger partial charge in [-0.3, -0.25) is 0 Å². The van der Waals surface area contributed by atoms with E-state index in [4.69, 9.17) is 2.74 Å². The van der Waals surface area contributed by atoms with Gasteiger partial charge in [-0.05, 0) is 105 Å². The first-order valence-electron chi connectivity index (χ1n) is 18.2. The monoisotopic (exact) mass is 563 g/mol. The summed E-state index contributed by atoms with van der Waals surface area (Å²) in [5.41, 5.74) is 3.13. The number of hydrogen-bond acceptors (Lipinski definition) is 0. The predicted octanol–water partition coefficient (Wildman–Crippen LogP) is 12.5. The molecular weight excluding hydrogens is 528 g/mol. The molecule has 0 aliphatic heterocycles. The number of rotatable bonds is 3. The molecule has 0 atom stereocenters. The Morgan fingerprint density at radius 3 is 1.80 bits per heavy atom. The summed E-state index contributed by atoms with van der Waals surface area (Å²) in [4.78, 5) is 0. The smallest absolute Gasteiger partial charge is 0.0622 e. The van der Waals surface area contributed by atoms with Crippen LogP contribution in [0.25, 0.3) is 87.2 Å². The minimum atomic E-state index is -0.381. The molecule has 0 aromatic heterocycles. The molecule has 0 aliphatic rings. The Kier molecular flexibility index (Phi) is 4.23. The Bertz CT molecular complexity index is 2930. The van der Waals surface area contributed by atoms with Crippen LogP contribution in [0.5, 0.6) is 0 Å². The first-order valence-corrected chi connectivity index (χ1v) is 14.7. The maximum atomic E-state index is 9.97. The summed E-state index contributed by atoms with van der Waals surface area (Å²) < 4.78 is 65.7. The lowest BCUT2D eigenvalue weighted by Gasteiger charge is -2.20. The summed E-state index contributed by atoms with van der Waals surface area (Å²) in [6, 6.07) is 39.5. The Morgan fingerprint density at radius 2 is 0.977 bits per heavy atom. The lowest BCUT2D eigenvalue weighted by atomic mass is 9.83. The van der Waals surface area contributed by atoms with Crippen LogP contribution in [-0.4, -0.2) is 0 Å². The zero-order chi connectivity index (χ0) is 35.1. The van der Waals surface area contributed by atoms with E-state index in [9.17, 15) is 6.85 Å². The van der Waals surface area contributed by atoms with Crippen molar-refractivity contribution in [2.24, 2.45) is 0 Å². The lowest BCUT2D eigenvalue weighted by molar-refractivity contribution is 1.65. The van der Waals surface area contributed by atoms with Crippen molar-refractivity contribution in [3.63, 3.8) is 0 Å². The molecule has 0 saturated heterocycles. The van der Waals surface area contributed by atoms with Crippen LogP contribution in [0.4, 0.5) is 0 Å². The van der Waals surface area contributed by atoms with Crippen LogP contribution >= 0.6 is 0 Å². The molecule has 9 rings (SSSR count). The molecule has 0 aliphatic carbocycles. The van der Waals surface area contributed by atoms with E-state index in [1.165, 1.54) is 0 Å². The van der Waals surface area contributed by atoms with Crippen LogP contribution in [0.2, 0.25) is 0 Å². The van der Waals surface area contributed by atoms with Crippen molar-refractivity contribution in [2.75, 3.05) is 0 Å². The molecule has 0 spiro atoms. The van der Waals surface area contributed by atoms with Crippen molar-refractivity contribution >= 4 is 53.9 Å². The Labute approximate surface area is 266 Å². The Hall–Kier alpha value is -5.72. The minimum absolute atomic E-state index is 0.0285. The third kappa shape index (κ3) is 3.85. The maximum Gasteiger partial charge on any atom is 0.0636 e. The van der Waals surface area contributed by atoms with Crippen molar-refractivity contribution in [3.8, 4) is 33.4 Å². The SMILES string of the molecule is [2H]c1c([2H])c([2H])c2c(-c3cc4ccccc4c4ccccc34)c3c([2H])c([2H])c(-c4ccc5ccccc5c4)c([2H])c3c(-c3ccccc3)c2c1[2H]. The third-order valence-electron chi connectivity index (χ3n) is 8.64. The highest BCUT2D eigenvalue weighted by atomic mass is 14.2. The highest BCUT2D eigenvalue weighted by molar-refractivity contribution is 6.26. The van der Waals surface area contributed by atoms with Gasteiger partial charge in [0.25, 0.3) is 0 Å². The van der Waals surface area contributed by atoms with Gasteiger partial charge in [0.1, 0.15) is 0 Å². The van der Waals surface area contributed by atoms with E-state index in [-0.39, 0.29) is 53.1 Å². The average molecular weight is 564 g/mol. The predicted molar refractivity (Wildman–Crippen MR) is 190 cm³/mol. The summed E-state index contributed by atoms with van der Waals surface area (Å²) in [5.74, 6) is 0. The molecular formula is C44H28. The fraction of sp³-hybridized carbons (Fsp3) is 0. The van der Waals surface area contributed by atoms with Gasteiger partial charge in [-0.15, -0.1) is 0 Å². The summed E-state index contributed by atoms with van der Waals surface area (Å²) in [6.45, 7) is 0. The molecule has 0 saturated carbocycles. The van der Waals surface area contributed by atoms with Gasteiger partial charge in [0.2, 0.25) is 0 Å². The van der Waals surface area contributed by atoms with Crippen LogP contribution in [0.3, 0.4) is 0 Å². The van der Waals surface area contributed by atoms with E-state index in [1.807, 2.05) is 121 Å². The molecule has 0 bridgehead atoms. The minimum Gasteiger partial charge on any atom is -0.0622 e. The van der Waals surface area contributed by atoms with Crippen molar-refractivity contribution in [1.29, 1.82) is 0 Å². The second-order valence-corrected chi connectivity index (χ2v) is 11.1. The second-order valence-electron chi connectivity index (χ2n) is 11.1. The number of hydrogen-bond donors (Lipinski definition) is 0. The second kappa shape index (κ2) is 9.93. The molecule has 0 heterocycles. The van der Waals surface area contributed by atoms with Crippen LogP contribution in [0.15, 0.2) is 170 Å². The maximum absolute atomic E-state index is 9.97. The van der Waals surface area contributed by atoms with E-state index in [0.29, 0.717) is 44.2 Å². The normalized spacial score (nSPS) is 13.9. The van der Waals surface area contributed by atoms with Gasteiger partial charge < -0.3 is 0 Å². The molecule has 0 amide bonds. The molecule has 0 N–H and O–H groups in total. The van der Waals surface area contributed by atoms with Crippen LogP contribution in [0, 0.1) is 0 Å². The molecule has 9 aromatic rings. The van der Waals surface area contributed by atoms with Crippen molar-refractivity contribution < 1.29 is 9.60 Å². The zero-order valence-electron chi connectivity index (χ0n) is 30.6. The summed E-state index contributed by atoms with van der Waals surface area (Å²) in [6.07, 6.45) is 0. The first-order chi connectivity index (χ1) is 24.8. The van der Waals surface area contributed by atoms with E-state index in [2.05, 4.69) is 6.07 Å². The Morgan fingerprint density at radius 1 is 0.341 bits per heavy atom. The van der Waals surface area contributed by atoms with E-state index in [1.54, 1.807) is 0 Å². The number of benzene rings is 9. The highest BCUT2D eigenvalue weighted by Gasteiger charge is 2.19. The van der Waals surface area contributed by atoms with Gasteiger partial charge in [-0.2, -0.15) is 0 Å². The molecule has 0 fully saturated rings. The molecule has 0 nitrogen and oxygen atoms in total. The van der Waals surface area contributed by atoms with Gasteiger partial charge in [0, 0.05) is 0 Å². The van der Waals surface area contributed by atoms with Crippen molar-refractivity contribution in [2.45, 2.75) is 0 Å². The molecule has 9 aromatic carbocycles. The van der Waals surface area contributed by atoms with Gasteiger partial charge in [-0.1, -0.05) is 152 Å².